The SMILES string of the molecule is CC(OC(=O)Nc1c(C#N)noc1C#Cc1cc2c(s1)C=C1S(=C(O)C13CC3)O2)c1ccccc1Cl. The van der Waals surface area contributed by atoms with Crippen LogP contribution in [-0.4, -0.2) is 21.4 Å². The Labute approximate surface area is 217 Å². The number of nitrogens with zero attached hydrogens (tertiary/aromatic N) is 2. The molecule has 11 heteroatoms. The predicted octanol–water partition coefficient (Wildman–Crippen LogP) is 6.37. The van der Waals surface area contributed by atoms with Gasteiger partial charge in [0.2, 0.25) is 11.5 Å². The van der Waals surface area contributed by atoms with Crippen LogP contribution >= 0.6 is 33.7 Å². The number of halogens is 1. The molecule has 2 N–H and O–H groups in total. The second kappa shape index (κ2) is 8.54. The highest BCUT2D eigenvalue weighted by atomic mass is 35.5. The van der Waals surface area contributed by atoms with Crippen LogP contribution in [0.2, 0.25) is 5.02 Å². The van der Waals surface area contributed by atoms with Crippen LogP contribution in [0.3, 0.4) is 0 Å². The summed E-state index contributed by atoms with van der Waals surface area (Å²) in [5.74, 6) is 6.50. The van der Waals surface area contributed by atoms with E-state index in [1.807, 2.05) is 6.07 Å². The Hall–Kier alpha value is -3.54. The highest BCUT2D eigenvalue weighted by molar-refractivity contribution is 8.17. The van der Waals surface area contributed by atoms with Crippen molar-refractivity contribution in [2.45, 2.75) is 25.9 Å². The van der Waals surface area contributed by atoms with E-state index in [2.05, 4.69) is 28.4 Å². The number of fused-ring (bicyclic) bond motifs is 3. The van der Waals surface area contributed by atoms with Gasteiger partial charge in [0.25, 0.3) is 0 Å². The number of ether oxygens (including phenoxy) is 1. The number of aliphatic hydroxyl groups excluding tert-OH is 1. The van der Waals surface area contributed by atoms with Gasteiger partial charge >= 0.3 is 6.09 Å². The monoisotopic (exact) mass is 537 g/mol. The molecule has 180 valence electrons. The van der Waals surface area contributed by atoms with E-state index < -0.39 is 23.0 Å². The molecule has 2 aromatic heterocycles. The van der Waals surface area contributed by atoms with E-state index in [1.165, 1.54) is 11.3 Å². The lowest BCUT2D eigenvalue weighted by Crippen LogP contribution is -2.30. The Morgan fingerprint density at radius 3 is 2.94 bits per heavy atom. The van der Waals surface area contributed by atoms with Crippen molar-refractivity contribution in [1.82, 2.24) is 5.16 Å². The number of amides is 1. The summed E-state index contributed by atoms with van der Waals surface area (Å²) in [4.78, 5) is 15.3. The number of aliphatic hydroxyl groups is 1. The Balaban J connectivity index is 1.21. The van der Waals surface area contributed by atoms with Crippen molar-refractivity contribution in [2.24, 2.45) is 5.41 Å². The molecule has 6 rings (SSSR count). The van der Waals surface area contributed by atoms with Crippen molar-refractivity contribution >= 4 is 56.6 Å². The minimum absolute atomic E-state index is 0.0180. The Kier molecular flexibility index (Phi) is 5.43. The van der Waals surface area contributed by atoms with Gasteiger partial charge in [-0.05, 0) is 43.7 Å². The first-order valence-corrected chi connectivity index (χ1v) is 13.2. The highest BCUT2D eigenvalue weighted by Crippen LogP contribution is 2.69. The second-order valence-corrected chi connectivity index (χ2v) is 11.4. The molecule has 1 aliphatic carbocycles. The molecule has 2 atom stereocenters. The van der Waals surface area contributed by atoms with Gasteiger partial charge in [-0.25, -0.2) is 4.79 Å². The maximum atomic E-state index is 12.5. The minimum Gasteiger partial charge on any atom is -0.441 e. The topological polar surface area (TPSA) is 118 Å². The zero-order chi connectivity index (χ0) is 25.0. The number of nitrogens with one attached hydrogen (secondary N) is 1. The molecule has 1 saturated carbocycles. The molecule has 0 radical (unpaired) electrons. The fraction of sp³-hybridized carbons (Fsp3) is 0.200. The summed E-state index contributed by atoms with van der Waals surface area (Å²) in [6, 6.07) is 10.7. The maximum Gasteiger partial charge on any atom is 0.412 e. The van der Waals surface area contributed by atoms with Crippen LogP contribution in [0, 0.1) is 28.6 Å². The van der Waals surface area contributed by atoms with Gasteiger partial charge in [0, 0.05) is 21.6 Å². The zero-order valence-electron chi connectivity index (χ0n) is 18.6. The van der Waals surface area contributed by atoms with Gasteiger partial charge in [0.15, 0.2) is 5.75 Å². The molecular weight excluding hydrogens is 522 g/mol. The molecule has 8 nitrogen and oxygen atoms in total. The average Bonchev–Trinajstić information content (AvgIpc) is 3.49. The van der Waals surface area contributed by atoms with Crippen molar-refractivity contribution in [2.75, 3.05) is 5.32 Å². The number of rotatable bonds is 3. The number of hydrogen-bond acceptors (Lipinski definition) is 7. The molecular formula is C25H16ClN3O5S2. The number of carbonyl (C=O) groups is 1. The van der Waals surface area contributed by atoms with Crippen molar-refractivity contribution in [1.29, 1.82) is 5.26 Å². The maximum absolute atomic E-state index is 12.5. The van der Waals surface area contributed by atoms with E-state index in [4.69, 9.17) is 25.0 Å². The van der Waals surface area contributed by atoms with Crippen LogP contribution in [0.1, 0.15) is 52.6 Å². The van der Waals surface area contributed by atoms with Crippen molar-refractivity contribution < 1.29 is 23.3 Å². The van der Waals surface area contributed by atoms with Crippen LogP contribution < -0.4 is 9.50 Å². The van der Waals surface area contributed by atoms with Crippen LogP contribution in [-0.2, 0) is 4.74 Å². The third kappa shape index (κ3) is 3.71. The summed E-state index contributed by atoms with van der Waals surface area (Å²) in [7, 11) is -0.665. The van der Waals surface area contributed by atoms with E-state index in [0.717, 1.165) is 22.6 Å². The van der Waals surface area contributed by atoms with Gasteiger partial charge in [-0.1, -0.05) is 35.0 Å². The van der Waals surface area contributed by atoms with Gasteiger partial charge in [0.05, 0.1) is 25.9 Å². The van der Waals surface area contributed by atoms with E-state index in [-0.39, 0.29) is 22.6 Å². The lowest BCUT2D eigenvalue weighted by Gasteiger charge is -2.35. The van der Waals surface area contributed by atoms with Gasteiger partial charge in [-0.3, -0.25) is 5.32 Å². The summed E-state index contributed by atoms with van der Waals surface area (Å²) in [5, 5.41) is 26.8. The molecule has 0 bridgehead atoms. The highest BCUT2D eigenvalue weighted by Gasteiger charge is 2.60. The quantitative estimate of drug-likeness (QED) is 0.294. The number of anilines is 1. The first-order chi connectivity index (χ1) is 17.4. The molecule has 4 heterocycles. The van der Waals surface area contributed by atoms with Crippen molar-refractivity contribution in [3.63, 3.8) is 0 Å². The normalized spacial score (nSPS) is 18.8. The largest absolute Gasteiger partial charge is 0.441 e. The Morgan fingerprint density at radius 1 is 1.39 bits per heavy atom. The zero-order valence-corrected chi connectivity index (χ0v) is 21.0. The van der Waals surface area contributed by atoms with Crippen molar-refractivity contribution in [3.8, 4) is 23.7 Å². The molecule has 1 aromatic carbocycles. The van der Waals surface area contributed by atoms with Crippen molar-refractivity contribution in [3.05, 3.63) is 67.0 Å². The third-order valence-corrected chi connectivity index (χ3v) is 9.44. The number of carbonyl (C=O) groups excluding carboxylic acids is 1. The van der Waals surface area contributed by atoms with E-state index in [0.29, 0.717) is 26.3 Å². The average molecular weight is 538 g/mol. The van der Waals surface area contributed by atoms with Crippen LogP contribution in [0.15, 0.2) is 39.8 Å². The molecule has 2 aliphatic heterocycles. The summed E-state index contributed by atoms with van der Waals surface area (Å²) in [6.45, 7) is 1.69. The third-order valence-electron chi connectivity index (χ3n) is 6.12. The lowest BCUT2D eigenvalue weighted by atomic mass is 10.1. The molecule has 2 unspecified atom stereocenters. The lowest BCUT2D eigenvalue weighted by molar-refractivity contribution is 0.121. The Morgan fingerprint density at radius 2 is 2.19 bits per heavy atom. The minimum atomic E-state index is -0.807. The standard InChI is InChI=1S/C25H16ClN3O5S2/c1-13(15-4-2-3-5-16(15)26)32-24(31)28-22-17(12-27)29-33-18(22)7-6-14-10-19-20(35-14)11-21-25(8-9-25)23(30)36(21)34-19/h2-5,10-11,13,30H,8-9H2,1H3,(H,28,31). The van der Waals surface area contributed by atoms with Crippen LogP contribution in [0.25, 0.3) is 6.08 Å². The molecule has 1 amide bonds. The summed E-state index contributed by atoms with van der Waals surface area (Å²) >= 11 is 7.63. The van der Waals surface area contributed by atoms with Crippen LogP contribution in [0.5, 0.6) is 5.75 Å². The fourth-order valence-corrected chi connectivity index (χ4v) is 7.44. The molecule has 36 heavy (non-hydrogen) atoms. The molecule has 1 spiro atoms. The first kappa shape index (κ1) is 22.9. The first-order valence-electron chi connectivity index (χ1n) is 10.9. The van der Waals surface area contributed by atoms with E-state index >= 15 is 0 Å². The molecule has 3 aromatic rings. The van der Waals surface area contributed by atoms with E-state index in [9.17, 15) is 15.2 Å². The molecule has 3 aliphatic rings. The van der Waals surface area contributed by atoms with E-state index in [1.54, 1.807) is 37.3 Å². The number of benzene rings is 1. The Bertz CT molecular complexity index is 1610. The second-order valence-electron chi connectivity index (χ2n) is 8.38. The van der Waals surface area contributed by atoms with Crippen LogP contribution in [0.4, 0.5) is 10.5 Å². The van der Waals surface area contributed by atoms with Gasteiger partial charge in [0.1, 0.15) is 22.9 Å². The number of thiophene rings is 1. The predicted molar refractivity (Wildman–Crippen MR) is 137 cm³/mol. The number of hydrogen-bond donors (Lipinski definition) is 2. The number of aromatic nitrogens is 1. The molecule has 0 saturated heterocycles. The van der Waals surface area contributed by atoms with Gasteiger partial charge in [-0.15, -0.1) is 11.3 Å². The summed E-state index contributed by atoms with van der Waals surface area (Å²) < 4.78 is 16.6. The van der Waals surface area contributed by atoms with Gasteiger partial charge in [-0.2, -0.15) is 5.26 Å². The smallest absolute Gasteiger partial charge is 0.412 e. The van der Waals surface area contributed by atoms with Gasteiger partial charge < -0.3 is 18.5 Å². The summed E-state index contributed by atoms with van der Waals surface area (Å²) in [5.41, 5.74) is 0.393. The number of nitriles is 1. The molecule has 1 fully saturated rings. The fourth-order valence-electron chi connectivity index (χ4n) is 4.05. The summed E-state index contributed by atoms with van der Waals surface area (Å²) in [6.07, 6.45) is 2.58.